The van der Waals surface area contributed by atoms with Crippen LogP contribution in [0.3, 0.4) is 0 Å². The molecular weight excluding hydrogens is 363 g/mol. The van der Waals surface area contributed by atoms with Gasteiger partial charge in [-0.05, 0) is 60.1 Å². The van der Waals surface area contributed by atoms with E-state index in [1.165, 1.54) is 42.4 Å². The molecule has 3 aromatic rings. The summed E-state index contributed by atoms with van der Waals surface area (Å²) in [5.74, 6) is 0.716. The third-order valence-corrected chi connectivity index (χ3v) is 6.06. The smallest absolute Gasteiger partial charge is 0.0954 e. The van der Waals surface area contributed by atoms with E-state index in [-0.39, 0.29) is 6.04 Å². The van der Waals surface area contributed by atoms with Gasteiger partial charge < -0.3 is 4.57 Å². The Morgan fingerprint density at radius 2 is 1.81 bits per heavy atom. The predicted octanol–water partition coefficient (Wildman–Crippen LogP) is 6.79. The van der Waals surface area contributed by atoms with Gasteiger partial charge in [0, 0.05) is 22.4 Å². The molecule has 2 nitrogen and oxygen atoms in total. The largest absolute Gasteiger partial charge is 0.326 e. The highest BCUT2D eigenvalue weighted by atomic mass is 35.5. The van der Waals surface area contributed by atoms with E-state index in [1.54, 1.807) is 6.20 Å². The third kappa shape index (κ3) is 3.41. The van der Waals surface area contributed by atoms with Crippen LogP contribution < -0.4 is 0 Å². The molecule has 4 rings (SSSR count). The lowest BCUT2D eigenvalue weighted by atomic mass is 9.89. The summed E-state index contributed by atoms with van der Waals surface area (Å²) in [5.41, 5.74) is 5.04. The van der Waals surface area contributed by atoms with Crippen LogP contribution in [-0.2, 0) is 0 Å². The van der Waals surface area contributed by atoms with Gasteiger partial charge in [0.05, 0.1) is 12.4 Å². The predicted molar refractivity (Wildman–Crippen MR) is 108 cm³/mol. The molecule has 4 heteroatoms. The first-order chi connectivity index (χ1) is 12.6. The number of nitrogens with zero attached hydrogens (tertiary/aromatic N) is 2. The lowest BCUT2D eigenvalue weighted by Gasteiger charge is -2.24. The van der Waals surface area contributed by atoms with E-state index in [4.69, 9.17) is 23.2 Å². The summed E-state index contributed by atoms with van der Waals surface area (Å²) in [7, 11) is 0. The molecule has 0 aliphatic heterocycles. The molecule has 1 aliphatic carbocycles. The molecule has 0 saturated heterocycles. The highest BCUT2D eigenvalue weighted by Gasteiger charge is 2.23. The van der Waals surface area contributed by atoms with Crippen LogP contribution in [0.25, 0.3) is 0 Å². The van der Waals surface area contributed by atoms with Crippen LogP contribution >= 0.6 is 23.2 Å². The Morgan fingerprint density at radius 1 is 1.04 bits per heavy atom. The number of aryl methyl sites for hydroxylation is 1. The van der Waals surface area contributed by atoms with Crippen molar-refractivity contribution in [3.8, 4) is 0 Å². The number of halogens is 2. The Labute approximate surface area is 164 Å². The fourth-order valence-electron chi connectivity index (χ4n) is 4.15. The van der Waals surface area contributed by atoms with Crippen LogP contribution in [0.1, 0.15) is 59.9 Å². The molecule has 0 radical (unpaired) electrons. The van der Waals surface area contributed by atoms with Gasteiger partial charge in [-0.1, -0.05) is 60.3 Å². The van der Waals surface area contributed by atoms with Gasteiger partial charge in [-0.3, -0.25) is 0 Å². The summed E-state index contributed by atoms with van der Waals surface area (Å²) in [5, 5.41) is 1.33. The van der Waals surface area contributed by atoms with Crippen LogP contribution in [-0.4, -0.2) is 9.55 Å². The van der Waals surface area contributed by atoms with E-state index < -0.39 is 0 Å². The fourth-order valence-corrected chi connectivity index (χ4v) is 4.66. The van der Waals surface area contributed by atoms with E-state index in [2.05, 4.69) is 34.7 Å². The van der Waals surface area contributed by atoms with E-state index in [1.807, 2.05) is 30.7 Å². The van der Waals surface area contributed by atoms with Crippen molar-refractivity contribution in [1.82, 2.24) is 9.55 Å². The van der Waals surface area contributed by atoms with Crippen LogP contribution in [0.15, 0.2) is 55.1 Å². The summed E-state index contributed by atoms with van der Waals surface area (Å²) in [6.45, 7) is 2.20. The summed E-state index contributed by atoms with van der Waals surface area (Å²) in [6, 6.07) is 12.6. The SMILES string of the molecule is Cc1cc(C2CCCC2)ccc1C(c1ccc(Cl)cc1Cl)n1ccnc1. The van der Waals surface area contributed by atoms with Crippen molar-refractivity contribution in [2.75, 3.05) is 0 Å². The van der Waals surface area contributed by atoms with Crippen LogP contribution in [0.4, 0.5) is 0 Å². The first kappa shape index (κ1) is 17.6. The molecule has 0 bridgehead atoms. The number of aromatic nitrogens is 2. The van der Waals surface area contributed by atoms with Gasteiger partial charge in [-0.15, -0.1) is 0 Å². The molecule has 0 amide bonds. The van der Waals surface area contributed by atoms with Gasteiger partial charge in [0.25, 0.3) is 0 Å². The molecule has 1 aromatic heterocycles. The van der Waals surface area contributed by atoms with Gasteiger partial charge in [0.15, 0.2) is 0 Å². The zero-order valence-corrected chi connectivity index (χ0v) is 16.3. The van der Waals surface area contributed by atoms with Crippen molar-refractivity contribution < 1.29 is 0 Å². The highest BCUT2D eigenvalue weighted by Crippen LogP contribution is 2.38. The van der Waals surface area contributed by atoms with Crippen molar-refractivity contribution in [1.29, 1.82) is 0 Å². The standard InChI is InChI=1S/C22H22Cl2N2/c1-15-12-17(16-4-2-3-5-16)6-8-19(15)22(26-11-10-25-14-26)20-9-7-18(23)13-21(20)24/h6-14,16,22H,2-5H2,1H3. The number of hydrogen-bond donors (Lipinski definition) is 0. The first-order valence-corrected chi connectivity index (χ1v) is 9.92. The van der Waals surface area contributed by atoms with E-state index in [0.717, 1.165) is 5.56 Å². The minimum Gasteiger partial charge on any atom is -0.326 e. The fraction of sp³-hybridized carbons (Fsp3) is 0.318. The minimum atomic E-state index is -0.0140. The van der Waals surface area contributed by atoms with Crippen LogP contribution in [0.5, 0.6) is 0 Å². The molecule has 26 heavy (non-hydrogen) atoms. The van der Waals surface area contributed by atoms with E-state index in [0.29, 0.717) is 16.0 Å². The second-order valence-corrected chi connectivity index (χ2v) is 8.02. The van der Waals surface area contributed by atoms with Crippen molar-refractivity contribution in [3.05, 3.63) is 87.4 Å². The number of imidazole rings is 1. The molecule has 1 aliphatic rings. The molecule has 1 atom stereocenters. The maximum atomic E-state index is 6.56. The average molecular weight is 385 g/mol. The molecular formula is C22H22Cl2N2. The minimum absolute atomic E-state index is 0.0140. The zero-order chi connectivity index (χ0) is 18.1. The van der Waals surface area contributed by atoms with Gasteiger partial charge in [0.1, 0.15) is 0 Å². The van der Waals surface area contributed by atoms with E-state index in [9.17, 15) is 0 Å². The summed E-state index contributed by atoms with van der Waals surface area (Å²) in [6.07, 6.45) is 11.0. The normalized spacial score (nSPS) is 16.1. The number of rotatable bonds is 4. The summed E-state index contributed by atoms with van der Waals surface area (Å²) in [4.78, 5) is 4.25. The molecule has 134 valence electrons. The van der Waals surface area contributed by atoms with Gasteiger partial charge >= 0.3 is 0 Å². The monoisotopic (exact) mass is 384 g/mol. The highest BCUT2D eigenvalue weighted by molar-refractivity contribution is 6.35. The topological polar surface area (TPSA) is 17.8 Å². The summed E-state index contributed by atoms with van der Waals surface area (Å²) >= 11 is 12.7. The van der Waals surface area contributed by atoms with Gasteiger partial charge in [-0.25, -0.2) is 4.98 Å². The van der Waals surface area contributed by atoms with Gasteiger partial charge in [-0.2, -0.15) is 0 Å². The van der Waals surface area contributed by atoms with Crippen LogP contribution in [0, 0.1) is 6.92 Å². The second-order valence-electron chi connectivity index (χ2n) is 7.18. The molecule has 1 heterocycles. The van der Waals surface area contributed by atoms with E-state index >= 15 is 0 Å². The maximum absolute atomic E-state index is 6.56. The Bertz CT molecular complexity index is 897. The Balaban J connectivity index is 1.79. The van der Waals surface area contributed by atoms with Crippen molar-refractivity contribution in [3.63, 3.8) is 0 Å². The van der Waals surface area contributed by atoms with Gasteiger partial charge in [0.2, 0.25) is 0 Å². The van der Waals surface area contributed by atoms with Crippen molar-refractivity contribution in [2.45, 2.75) is 44.6 Å². The Kier molecular flexibility index (Phi) is 5.06. The molecule has 1 fully saturated rings. The van der Waals surface area contributed by atoms with Crippen LogP contribution in [0.2, 0.25) is 10.0 Å². The third-order valence-electron chi connectivity index (χ3n) is 5.50. The lowest BCUT2D eigenvalue weighted by molar-refractivity contribution is 0.669. The number of hydrogen-bond acceptors (Lipinski definition) is 1. The average Bonchev–Trinajstić information content (AvgIpc) is 3.32. The summed E-state index contributed by atoms with van der Waals surface area (Å²) < 4.78 is 2.10. The Hall–Kier alpha value is -1.77. The second kappa shape index (κ2) is 7.46. The molecule has 1 saturated carbocycles. The maximum Gasteiger partial charge on any atom is 0.0954 e. The van der Waals surface area contributed by atoms with Crippen molar-refractivity contribution in [2.24, 2.45) is 0 Å². The Morgan fingerprint density at radius 3 is 2.46 bits per heavy atom. The molecule has 2 aromatic carbocycles. The van der Waals surface area contributed by atoms with Crippen molar-refractivity contribution >= 4 is 23.2 Å². The molecule has 0 N–H and O–H groups in total. The zero-order valence-electron chi connectivity index (χ0n) is 14.8. The lowest BCUT2D eigenvalue weighted by Crippen LogP contribution is -2.13. The first-order valence-electron chi connectivity index (χ1n) is 9.16. The molecule has 1 unspecified atom stereocenters. The quantitative estimate of drug-likeness (QED) is 0.483. The number of benzene rings is 2. The molecule has 0 spiro atoms.